The standard InChI is InChI=1S/C24H24ClN5O2S2/c1-14-20(30-10-11-33-24(30)27-14)22(31)26-13-18-8-3-4-9-29(18)23(32)19-21(34-15(2)28-19)16-6-5-7-17(25)12-16/h5-7,10-12,18H,3-4,8-9,13H2,1-2H3,(H,26,31)/t18-/m0/s1. The van der Waals surface area contributed by atoms with Gasteiger partial charge in [-0.3, -0.25) is 14.0 Å². The lowest BCUT2D eigenvalue weighted by Crippen LogP contribution is -2.49. The molecule has 7 nitrogen and oxygen atoms in total. The van der Waals surface area contributed by atoms with Crippen LogP contribution in [0.3, 0.4) is 0 Å². The fourth-order valence-corrected chi connectivity index (χ4v) is 6.33. The van der Waals surface area contributed by atoms with Gasteiger partial charge in [0.2, 0.25) is 0 Å². The Balaban J connectivity index is 1.36. The third kappa shape index (κ3) is 4.35. The molecule has 2 amide bonds. The van der Waals surface area contributed by atoms with Crippen LogP contribution in [-0.2, 0) is 0 Å². The van der Waals surface area contributed by atoms with E-state index in [0.717, 1.165) is 39.7 Å². The summed E-state index contributed by atoms with van der Waals surface area (Å²) in [6.45, 7) is 4.78. The molecule has 4 heterocycles. The molecule has 1 N–H and O–H groups in total. The lowest BCUT2D eigenvalue weighted by Gasteiger charge is -2.35. The van der Waals surface area contributed by atoms with Crippen LogP contribution in [0.4, 0.5) is 0 Å². The van der Waals surface area contributed by atoms with Gasteiger partial charge >= 0.3 is 0 Å². The molecule has 176 valence electrons. The van der Waals surface area contributed by atoms with Crippen molar-refractivity contribution < 1.29 is 9.59 Å². The second-order valence-corrected chi connectivity index (χ2v) is 10.9. The molecule has 10 heteroatoms. The van der Waals surface area contributed by atoms with Crippen molar-refractivity contribution in [2.24, 2.45) is 0 Å². The monoisotopic (exact) mass is 513 g/mol. The van der Waals surface area contributed by atoms with Gasteiger partial charge in [0.1, 0.15) is 11.4 Å². The van der Waals surface area contributed by atoms with Crippen molar-refractivity contribution in [1.82, 2.24) is 24.6 Å². The molecule has 1 atom stereocenters. The predicted octanol–water partition coefficient (Wildman–Crippen LogP) is 5.21. The van der Waals surface area contributed by atoms with E-state index < -0.39 is 0 Å². The summed E-state index contributed by atoms with van der Waals surface area (Å²) in [4.78, 5) is 39.2. The average molecular weight is 514 g/mol. The molecule has 1 aliphatic rings. The Morgan fingerprint density at radius 3 is 2.91 bits per heavy atom. The van der Waals surface area contributed by atoms with E-state index in [1.165, 1.54) is 22.7 Å². The van der Waals surface area contributed by atoms with Crippen molar-refractivity contribution in [3.8, 4) is 10.4 Å². The molecule has 5 rings (SSSR count). The number of imidazole rings is 1. The van der Waals surface area contributed by atoms with Gasteiger partial charge in [-0.1, -0.05) is 23.7 Å². The number of aromatic nitrogens is 3. The summed E-state index contributed by atoms with van der Waals surface area (Å²) < 4.78 is 1.81. The first-order valence-corrected chi connectivity index (χ1v) is 13.2. The number of carbonyl (C=O) groups excluding carboxylic acids is 2. The lowest BCUT2D eigenvalue weighted by molar-refractivity contribution is 0.0597. The van der Waals surface area contributed by atoms with Crippen molar-refractivity contribution in [1.29, 1.82) is 0 Å². The highest BCUT2D eigenvalue weighted by atomic mass is 35.5. The smallest absolute Gasteiger partial charge is 0.274 e. The van der Waals surface area contributed by atoms with Gasteiger partial charge in [-0.2, -0.15) is 0 Å². The molecule has 34 heavy (non-hydrogen) atoms. The summed E-state index contributed by atoms with van der Waals surface area (Å²) in [5, 5.41) is 6.41. The molecular weight excluding hydrogens is 490 g/mol. The van der Waals surface area contributed by atoms with E-state index in [0.29, 0.717) is 35.2 Å². The maximum Gasteiger partial charge on any atom is 0.274 e. The van der Waals surface area contributed by atoms with Crippen molar-refractivity contribution in [2.45, 2.75) is 39.2 Å². The summed E-state index contributed by atoms with van der Waals surface area (Å²) in [6.07, 6.45) is 4.64. The molecule has 0 spiro atoms. The number of piperidine rings is 1. The molecule has 1 saturated heterocycles. The number of likely N-dealkylation sites (tertiary alicyclic amines) is 1. The quantitative estimate of drug-likeness (QED) is 0.397. The van der Waals surface area contributed by atoms with Gasteiger partial charge < -0.3 is 10.2 Å². The zero-order chi connectivity index (χ0) is 23.8. The molecule has 0 radical (unpaired) electrons. The highest BCUT2D eigenvalue weighted by Gasteiger charge is 2.31. The molecule has 0 aliphatic carbocycles. The van der Waals surface area contributed by atoms with Crippen LogP contribution >= 0.6 is 34.3 Å². The lowest BCUT2D eigenvalue weighted by atomic mass is 10.0. The highest BCUT2D eigenvalue weighted by Crippen LogP contribution is 2.33. The van der Waals surface area contributed by atoms with Gasteiger partial charge in [0.15, 0.2) is 4.96 Å². The van der Waals surface area contributed by atoms with E-state index in [9.17, 15) is 9.59 Å². The van der Waals surface area contributed by atoms with Crippen LogP contribution in [-0.4, -0.2) is 50.2 Å². The van der Waals surface area contributed by atoms with Crippen molar-refractivity contribution in [2.75, 3.05) is 13.1 Å². The molecule has 0 bridgehead atoms. The number of thiazole rings is 2. The third-order valence-corrected chi connectivity index (χ3v) is 8.07. The fourth-order valence-electron chi connectivity index (χ4n) is 4.48. The van der Waals surface area contributed by atoms with E-state index in [1.807, 2.05) is 59.0 Å². The Hall–Kier alpha value is -2.75. The van der Waals surface area contributed by atoms with Gasteiger partial charge in [-0.05, 0) is 50.8 Å². The van der Waals surface area contributed by atoms with E-state index >= 15 is 0 Å². The van der Waals surface area contributed by atoms with Gasteiger partial charge in [0.25, 0.3) is 11.8 Å². The minimum atomic E-state index is -0.175. The SMILES string of the molecule is Cc1nc(C(=O)N2CCCC[C@H]2CNC(=O)c2c(C)nc3sccn23)c(-c2cccc(Cl)c2)s1. The molecule has 1 aliphatic heterocycles. The van der Waals surface area contributed by atoms with E-state index in [-0.39, 0.29) is 17.9 Å². The number of rotatable bonds is 5. The number of halogens is 1. The van der Waals surface area contributed by atoms with Crippen LogP contribution in [0.5, 0.6) is 0 Å². The molecule has 0 saturated carbocycles. The van der Waals surface area contributed by atoms with E-state index in [2.05, 4.69) is 15.3 Å². The Labute approximate surface area is 210 Å². The number of hydrogen-bond acceptors (Lipinski definition) is 6. The largest absolute Gasteiger partial charge is 0.349 e. The maximum atomic E-state index is 13.7. The molecular formula is C24H24ClN5O2S2. The minimum Gasteiger partial charge on any atom is -0.349 e. The normalized spacial score (nSPS) is 16.2. The first-order valence-electron chi connectivity index (χ1n) is 11.2. The maximum absolute atomic E-state index is 13.7. The topological polar surface area (TPSA) is 79.6 Å². The van der Waals surface area contributed by atoms with E-state index in [1.54, 1.807) is 0 Å². The summed E-state index contributed by atoms with van der Waals surface area (Å²) >= 11 is 9.19. The summed E-state index contributed by atoms with van der Waals surface area (Å²) in [6, 6.07) is 7.41. The number of benzene rings is 1. The summed E-state index contributed by atoms with van der Waals surface area (Å²) in [7, 11) is 0. The van der Waals surface area contributed by atoms with Crippen molar-refractivity contribution in [3.05, 3.63) is 63.0 Å². The Morgan fingerprint density at radius 1 is 1.24 bits per heavy atom. The molecule has 0 unspecified atom stereocenters. The van der Waals surface area contributed by atoms with Crippen molar-refractivity contribution >= 4 is 51.0 Å². The highest BCUT2D eigenvalue weighted by molar-refractivity contribution is 7.15. The second-order valence-electron chi connectivity index (χ2n) is 8.38. The molecule has 1 aromatic carbocycles. The van der Waals surface area contributed by atoms with Crippen LogP contribution < -0.4 is 5.32 Å². The second kappa shape index (κ2) is 9.48. The van der Waals surface area contributed by atoms with Crippen LogP contribution in [0.25, 0.3) is 15.4 Å². The van der Waals surface area contributed by atoms with Gasteiger partial charge in [-0.15, -0.1) is 22.7 Å². The van der Waals surface area contributed by atoms with Crippen molar-refractivity contribution in [3.63, 3.8) is 0 Å². The number of hydrogen-bond donors (Lipinski definition) is 1. The third-order valence-electron chi connectivity index (χ3n) is 6.06. The number of nitrogens with zero attached hydrogens (tertiary/aromatic N) is 4. The Kier molecular flexibility index (Phi) is 6.42. The minimum absolute atomic E-state index is 0.0920. The molecule has 3 aromatic heterocycles. The number of aryl methyl sites for hydroxylation is 2. The predicted molar refractivity (Wildman–Crippen MR) is 136 cm³/mol. The first kappa shape index (κ1) is 23.0. The Bertz CT molecular complexity index is 1370. The van der Waals surface area contributed by atoms with Crippen LogP contribution in [0, 0.1) is 13.8 Å². The molecule has 4 aromatic rings. The van der Waals surface area contributed by atoms with Crippen LogP contribution in [0.1, 0.15) is 50.9 Å². The summed E-state index contributed by atoms with van der Waals surface area (Å²) in [5.41, 5.74) is 2.59. The van der Waals surface area contributed by atoms with Gasteiger partial charge in [0, 0.05) is 35.7 Å². The number of amides is 2. The zero-order valence-corrected chi connectivity index (χ0v) is 21.3. The van der Waals surface area contributed by atoms with Crippen LogP contribution in [0.2, 0.25) is 5.02 Å². The Morgan fingerprint density at radius 2 is 2.09 bits per heavy atom. The van der Waals surface area contributed by atoms with E-state index in [4.69, 9.17) is 11.6 Å². The fraction of sp³-hybridized carbons (Fsp3) is 0.333. The number of carbonyl (C=O) groups is 2. The number of fused-ring (bicyclic) bond motifs is 1. The summed E-state index contributed by atoms with van der Waals surface area (Å²) in [5.74, 6) is -0.274. The number of nitrogens with one attached hydrogen (secondary N) is 1. The first-order chi connectivity index (χ1) is 16.4. The molecule has 1 fully saturated rings. The van der Waals surface area contributed by atoms with Crippen LogP contribution in [0.15, 0.2) is 35.8 Å². The zero-order valence-electron chi connectivity index (χ0n) is 18.9. The average Bonchev–Trinajstić information content (AvgIpc) is 3.51. The van der Waals surface area contributed by atoms with Gasteiger partial charge in [0.05, 0.1) is 15.6 Å². The van der Waals surface area contributed by atoms with Gasteiger partial charge in [-0.25, -0.2) is 9.97 Å².